The molecule has 9 nitrogen and oxygen atoms in total. The van der Waals surface area contributed by atoms with Crippen LogP contribution in [0.2, 0.25) is 0 Å². The lowest BCUT2D eigenvalue weighted by Gasteiger charge is -2.25. The Balaban J connectivity index is 1.49. The summed E-state index contributed by atoms with van der Waals surface area (Å²) >= 11 is 0. The number of amides is 2. The number of benzene rings is 3. The second-order valence-electron chi connectivity index (χ2n) is 8.93. The molecule has 2 amide bonds. The van der Waals surface area contributed by atoms with Gasteiger partial charge in [0.05, 0.1) is 0 Å². The Morgan fingerprint density at radius 1 is 1.03 bits per heavy atom. The molecule has 1 aliphatic heterocycles. The first-order valence-electron chi connectivity index (χ1n) is 11.9. The molecule has 0 radical (unpaired) electrons. The van der Waals surface area contributed by atoms with Gasteiger partial charge in [-0.1, -0.05) is 60.7 Å². The predicted molar refractivity (Wildman–Crippen MR) is 138 cm³/mol. The second kappa shape index (κ2) is 11.4. The lowest BCUT2D eigenvalue weighted by molar-refractivity contribution is -0.305. The molecular formula is C28H28N5O4-. The standard InChI is InChI=1S/C28H29N5O4/c29-26(30)20-8-6-19(7-9-20)16-31-27(36)21-10-11-22-17-33(13-12-18-4-2-1-3-5-18)28(37)24(15-25(34)35)32-23(22)14-21/h1-11,14,24,32H,12-13,15-17H2,(H3,29,30)(H,31,36)(H,34,35)/p-1. The number of amidine groups is 1. The number of nitrogens with one attached hydrogen (secondary N) is 3. The first-order valence-corrected chi connectivity index (χ1v) is 11.9. The van der Waals surface area contributed by atoms with Gasteiger partial charge in [0.2, 0.25) is 5.91 Å². The van der Waals surface area contributed by atoms with Gasteiger partial charge in [0.15, 0.2) is 0 Å². The quantitative estimate of drug-likeness (QED) is 0.259. The number of carboxylic acid groups (broad SMARTS) is 1. The molecular weight excluding hydrogens is 470 g/mol. The van der Waals surface area contributed by atoms with E-state index in [1.165, 1.54) is 0 Å². The van der Waals surface area contributed by atoms with Gasteiger partial charge >= 0.3 is 0 Å². The fourth-order valence-electron chi connectivity index (χ4n) is 4.23. The van der Waals surface area contributed by atoms with Crippen LogP contribution in [0.3, 0.4) is 0 Å². The van der Waals surface area contributed by atoms with Crippen LogP contribution in [0.15, 0.2) is 72.8 Å². The highest BCUT2D eigenvalue weighted by molar-refractivity contribution is 5.96. The molecule has 0 bridgehead atoms. The number of nitrogens with zero attached hydrogens (tertiary/aromatic N) is 1. The fraction of sp³-hybridized carbons (Fsp3) is 0.214. The number of rotatable bonds is 9. The van der Waals surface area contributed by atoms with Gasteiger partial charge in [0, 0.05) is 48.8 Å². The third kappa shape index (κ3) is 6.52. The Kier molecular flexibility index (Phi) is 7.83. The van der Waals surface area contributed by atoms with Gasteiger partial charge in [-0.15, -0.1) is 0 Å². The molecule has 0 saturated heterocycles. The second-order valence-corrected chi connectivity index (χ2v) is 8.93. The van der Waals surface area contributed by atoms with Crippen LogP contribution in [-0.2, 0) is 29.1 Å². The van der Waals surface area contributed by atoms with E-state index < -0.39 is 18.4 Å². The zero-order valence-electron chi connectivity index (χ0n) is 20.2. The van der Waals surface area contributed by atoms with E-state index in [1.807, 2.05) is 30.3 Å². The van der Waals surface area contributed by atoms with E-state index in [0.29, 0.717) is 36.3 Å². The highest BCUT2D eigenvalue weighted by atomic mass is 16.4. The lowest BCUT2D eigenvalue weighted by Crippen LogP contribution is -2.44. The molecule has 9 heteroatoms. The number of aliphatic carboxylic acids is 1. The molecule has 0 saturated carbocycles. The highest BCUT2D eigenvalue weighted by Gasteiger charge is 2.29. The van der Waals surface area contributed by atoms with Crippen molar-refractivity contribution in [3.05, 3.63) is 101 Å². The maximum atomic E-state index is 13.2. The van der Waals surface area contributed by atoms with Gasteiger partial charge < -0.3 is 31.2 Å². The monoisotopic (exact) mass is 498 g/mol. The van der Waals surface area contributed by atoms with Crippen LogP contribution in [-0.4, -0.2) is 41.1 Å². The maximum absolute atomic E-state index is 13.2. The number of carboxylic acids is 1. The molecule has 0 aromatic heterocycles. The zero-order chi connectivity index (χ0) is 26.4. The Labute approximate surface area is 214 Å². The largest absolute Gasteiger partial charge is 0.550 e. The molecule has 1 heterocycles. The molecule has 4 rings (SSSR count). The molecule has 3 aromatic carbocycles. The molecule has 1 unspecified atom stereocenters. The van der Waals surface area contributed by atoms with Gasteiger partial charge in [0.1, 0.15) is 11.9 Å². The third-order valence-corrected chi connectivity index (χ3v) is 6.27. The van der Waals surface area contributed by atoms with E-state index in [4.69, 9.17) is 11.1 Å². The summed E-state index contributed by atoms with van der Waals surface area (Å²) in [6.07, 6.45) is 0.153. The van der Waals surface area contributed by atoms with Gasteiger partial charge in [0.25, 0.3) is 5.91 Å². The molecule has 5 N–H and O–H groups in total. The van der Waals surface area contributed by atoms with E-state index in [-0.39, 0.29) is 24.2 Å². The number of hydrogen-bond acceptors (Lipinski definition) is 6. The summed E-state index contributed by atoms with van der Waals surface area (Å²) in [5, 5.41) is 24.7. The van der Waals surface area contributed by atoms with Crippen molar-refractivity contribution in [1.29, 1.82) is 5.41 Å². The molecule has 37 heavy (non-hydrogen) atoms. The van der Waals surface area contributed by atoms with Crippen molar-refractivity contribution in [1.82, 2.24) is 10.2 Å². The minimum atomic E-state index is -1.33. The van der Waals surface area contributed by atoms with Gasteiger partial charge in [-0.3, -0.25) is 15.0 Å². The van der Waals surface area contributed by atoms with E-state index in [9.17, 15) is 19.5 Å². The summed E-state index contributed by atoms with van der Waals surface area (Å²) < 4.78 is 0. The molecule has 1 atom stereocenters. The number of carbonyl (C=O) groups is 3. The van der Waals surface area contributed by atoms with Crippen LogP contribution >= 0.6 is 0 Å². The van der Waals surface area contributed by atoms with Crippen molar-refractivity contribution < 1.29 is 19.5 Å². The van der Waals surface area contributed by atoms with E-state index in [2.05, 4.69) is 10.6 Å². The SMILES string of the molecule is N=C(N)c1ccc(CNC(=O)c2ccc3c(c2)NC(CC(=O)[O-])C(=O)N(CCc2ccccc2)C3)cc1. The number of nitrogen functional groups attached to an aromatic ring is 1. The van der Waals surface area contributed by atoms with Crippen LogP contribution in [0.25, 0.3) is 0 Å². The van der Waals surface area contributed by atoms with E-state index in [1.54, 1.807) is 47.4 Å². The molecule has 0 spiro atoms. The number of nitrogens with two attached hydrogens (primary N) is 1. The van der Waals surface area contributed by atoms with Crippen LogP contribution in [0.4, 0.5) is 5.69 Å². The van der Waals surface area contributed by atoms with E-state index in [0.717, 1.165) is 16.7 Å². The molecule has 0 fully saturated rings. The number of fused-ring (bicyclic) bond motifs is 1. The summed E-state index contributed by atoms with van der Waals surface area (Å²) in [5.74, 6) is -1.99. The molecule has 1 aliphatic rings. The third-order valence-electron chi connectivity index (χ3n) is 6.27. The van der Waals surface area contributed by atoms with E-state index >= 15 is 0 Å². The number of carbonyl (C=O) groups excluding carboxylic acids is 3. The Hall–Kier alpha value is -4.66. The van der Waals surface area contributed by atoms with Crippen molar-refractivity contribution in [3.8, 4) is 0 Å². The summed E-state index contributed by atoms with van der Waals surface area (Å²) in [5.41, 5.74) is 9.71. The molecule has 190 valence electrons. The normalized spacial score (nSPS) is 14.8. The molecule has 0 aliphatic carbocycles. The fourth-order valence-corrected chi connectivity index (χ4v) is 4.23. The van der Waals surface area contributed by atoms with Crippen molar-refractivity contribution in [2.24, 2.45) is 5.73 Å². The van der Waals surface area contributed by atoms with Crippen LogP contribution < -0.4 is 21.5 Å². The predicted octanol–water partition coefficient (Wildman–Crippen LogP) is 1.41. The summed E-state index contributed by atoms with van der Waals surface area (Å²) in [6, 6.07) is 20.9. The van der Waals surface area contributed by atoms with Gasteiger partial charge in [-0.2, -0.15) is 0 Å². The van der Waals surface area contributed by atoms with Crippen molar-refractivity contribution >= 4 is 29.3 Å². The number of hydrogen-bond donors (Lipinski definition) is 4. The van der Waals surface area contributed by atoms with Crippen LogP contribution in [0, 0.1) is 5.41 Å². The van der Waals surface area contributed by atoms with Crippen LogP contribution in [0.1, 0.15) is 39.0 Å². The smallest absolute Gasteiger partial charge is 0.251 e. The van der Waals surface area contributed by atoms with Gasteiger partial charge in [-0.25, -0.2) is 0 Å². The molecule has 3 aromatic rings. The minimum Gasteiger partial charge on any atom is -0.550 e. The average Bonchev–Trinajstić information content (AvgIpc) is 3.02. The minimum absolute atomic E-state index is 0.0258. The Bertz CT molecular complexity index is 1310. The average molecular weight is 499 g/mol. The highest BCUT2D eigenvalue weighted by Crippen LogP contribution is 2.26. The Morgan fingerprint density at radius 3 is 2.41 bits per heavy atom. The van der Waals surface area contributed by atoms with Crippen molar-refractivity contribution in [2.45, 2.75) is 32.0 Å². The summed E-state index contributed by atoms with van der Waals surface area (Å²) in [4.78, 5) is 39.0. The van der Waals surface area contributed by atoms with Crippen LogP contribution in [0.5, 0.6) is 0 Å². The Morgan fingerprint density at radius 2 is 1.73 bits per heavy atom. The summed E-state index contributed by atoms with van der Waals surface area (Å²) in [7, 11) is 0. The van der Waals surface area contributed by atoms with Gasteiger partial charge in [-0.05, 0) is 35.2 Å². The number of anilines is 1. The maximum Gasteiger partial charge on any atom is 0.251 e. The summed E-state index contributed by atoms with van der Waals surface area (Å²) in [6.45, 7) is 1.00. The topological polar surface area (TPSA) is 151 Å². The van der Waals surface area contributed by atoms with Crippen molar-refractivity contribution in [3.63, 3.8) is 0 Å². The first-order chi connectivity index (χ1) is 17.8. The van der Waals surface area contributed by atoms with Crippen molar-refractivity contribution in [2.75, 3.05) is 11.9 Å². The zero-order valence-corrected chi connectivity index (χ0v) is 20.2. The first kappa shape index (κ1) is 25.4. The lowest BCUT2D eigenvalue weighted by atomic mass is 10.1.